The molecular weight excluding hydrogens is 424 g/mol. The molecule has 3 nitrogen and oxygen atoms in total. The first-order chi connectivity index (χ1) is 13.5. The third-order valence-corrected chi connectivity index (χ3v) is 5.02. The number of methoxy groups -OCH3 is 1. The molecular formula is C21H17Cl3FNO2. The second-order valence-electron chi connectivity index (χ2n) is 5.92. The van der Waals surface area contributed by atoms with Gasteiger partial charge in [-0.2, -0.15) is 0 Å². The first kappa shape index (κ1) is 20.6. The Morgan fingerprint density at radius 3 is 2.50 bits per heavy atom. The highest BCUT2D eigenvalue weighted by atomic mass is 35.5. The molecule has 0 radical (unpaired) electrons. The maximum absolute atomic E-state index is 14.1. The molecule has 0 bridgehead atoms. The van der Waals surface area contributed by atoms with E-state index in [4.69, 9.17) is 44.3 Å². The maximum Gasteiger partial charge on any atom is 0.166 e. The van der Waals surface area contributed by atoms with Crippen LogP contribution < -0.4 is 14.8 Å². The molecule has 28 heavy (non-hydrogen) atoms. The summed E-state index contributed by atoms with van der Waals surface area (Å²) < 4.78 is 25.4. The topological polar surface area (TPSA) is 30.5 Å². The van der Waals surface area contributed by atoms with Crippen molar-refractivity contribution in [1.82, 2.24) is 0 Å². The lowest BCUT2D eigenvalue weighted by atomic mass is 10.1. The number of para-hydroxylation sites is 1. The Balaban J connectivity index is 1.83. The van der Waals surface area contributed by atoms with E-state index < -0.39 is 5.82 Å². The van der Waals surface area contributed by atoms with Gasteiger partial charge in [0.15, 0.2) is 11.5 Å². The van der Waals surface area contributed by atoms with Gasteiger partial charge in [-0.15, -0.1) is 0 Å². The van der Waals surface area contributed by atoms with Gasteiger partial charge < -0.3 is 14.8 Å². The number of hydrogen-bond donors (Lipinski definition) is 1. The predicted molar refractivity (Wildman–Crippen MR) is 113 cm³/mol. The minimum absolute atomic E-state index is 0.0310. The summed E-state index contributed by atoms with van der Waals surface area (Å²) in [4.78, 5) is 0. The molecule has 3 aromatic rings. The van der Waals surface area contributed by atoms with Gasteiger partial charge in [0.1, 0.15) is 12.4 Å². The maximum atomic E-state index is 14.1. The fourth-order valence-electron chi connectivity index (χ4n) is 2.66. The first-order valence-corrected chi connectivity index (χ1v) is 9.53. The van der Waals surface area contributed by atoms with Crippen molar-refractivity contribution in [2.45, 2.75) is 13.2 Å². The van der Waals surface area contributed by atoms with Crippen molar-refractivity contribution in [3.8, 4) is 11.5 Å². The monoisotopic (exact) mass is 439 g/mol. The zero-order chi connectivity index (χ0) is 20.1. The Kier molecular flexibility index (Phi) is 6.89. The van der Waals surface area contributed by atoms with Crippen LogP contribution in [0.1, 0.15) is 11.1 Å². The van der Waals surface area contributed by atoms with E-state index in [1.165, 1.54) is 6.07 Å². The number of halogens is 4. The van der Waals surface area contributed by atoms with Gasteiger partial charge in [0, 0.05) is 22.7 Å². The van der Waals surface area contributed by atoms with E-state index in [2.05, 4.69) is 5.32 Å². The minimum atomic E-state index is -0.423. The first-order valence-electron chi connectivity index (χ1n) is 8.40. The van der Waals surface area contributed by atoms with E-state index in [0.29, 0.717) is 38.8 Å². The number of anilines is 1. The number of rotatable bonds is 7. The summed E-state index contributed by atoms with van der Waals surface area (Å²) in [6.07, 6.45) is 0. The van der Waals surface area contributed by atoms with E-state index in [0.717, 1.165) is 5.56 Å². The van der Waals surface area contributed by atoms with Crippen LogP contribution >= 0.6 is 34.8 Å². The lowest BCUT2D eigenvalue weighted by molar-refractivity contribution is 0.277. The molecule has 3 rings (SSSR count). The summed E-state index contributed by atoms with van der Waals surface area (Å²) in [5, 5.41) is 4.66. The van der Waals surface area contributed by atoms with E-state index in [-0.39, 0.29) is 12.2 Å². The van der Waals surface area contributed by atoms with Gasteiger partial charge in [0.05, 0.1) is 22.8 Å². The van der Waals surface area contributed by atoms with Gasteiger partial charge in [0.2, 0.25) is 0 Å². The molecule has 1 N–H and O–H groups in total. The molecule has 0 unspecified atom stereocenters. The fraction of sp³-hybridized carbons (Fsp3) is 0.143. The van der Waals surface area contributed by atoms with Gasteiger partial charge in [-0.3, -0.25) is 0 Å². The summed E-state index contributed by atoms with van der Waals surface area (Å²) in [6.45, 7) is 0.369. The second-order valence-corrected chi connectivity index (χ2v) is 7.17. The number of benzene rings is 3. The Labute approximate surface area is 177 Å². The molecule has 3 aromatic carbocycles. The van der Waals surface area contributed by atoms with Crippen molar-refractivity contribution < 1.29 is 13.9 Å². The molecule has 146 valence electrons. The molecule has 0 saturated carbocycles. The Morgan fingerprint density at radius 2 is 1.75 bits per heavy atom. The van der Waals surface area contributed by atoms with Crippen LogP contribution in [0.4, 0.5) is 10.1 Å². The summed E-state index contributed by atoms with van der Waals surface area (Å²) >= 11 is 18.3. The third kappa shape index (κ3) is 4.82. The molecule has 0 spiro atoms. The summed E-state index contributed by atoms with van der Waals surface area (Å²) in [7, 11) is 1.54. The van der Waals surface area contributed by atoms with E-state index in [1.807, 2.05) is 12.1 Å². The number of ether oxygens (including phenoxy) is 2. The minimum Gasteiger partial charge on any atom is -0.493 e. The van der Waals surface area contributed by atoms with Gasteiger partial charge >= 0.3 is 0 Å². The molecule has 0 aliphatic carbocycles. The highest BCUT2D eigenvalue weighted by Gasteiger charge is 2.14. The normalized spacial score (nSPS) is 10.6. The Hall–Kier alpha value is -2.14. The van der Waals surface area contributed by atoms with Crippen LogP contribution in [0.2, 0.25) is 15.1 Å². The predicted octanol–water partition coefficient (Wildman–Crippen LogP) is 6.99. The number of nitrogens with one attached hydrogen (secondary N) is 1. The van der Waals surface area contributed by atoms with Crippen LogP contribution in [0.25, 0.3) is 0 Å². The van der Waals surface area contributed by atoms with Crippen LogP contribution in [0, 0.1) is 5.82 Å². The summed E-state index contributed by atoms with van der Waals surface area (Å²) in [5.41, 5.74) is 1.79. The summed E-state index contributed by atoms with van der Waals surface area (Å²) in [6, 6.07) is 15.2. The molecule has 0 atom stereocenters. The van der Waals surface area contributed by atoms with Crippen LogP contribution in [0.15, 0.2) is 54.6 Å². The van der Waals surface area contributed by atoms with Crippen molar-refractivity contribution in [2.24, 2.45) is 0 Å². The lowest BCUT2D eigenvalue weighted by Gasteiger charge is -2.17. The average molecular weight is 441 g/mol. The van der Waals surface area contributed by atoms with Crippen LogP contribution in [0.5, 0.6) is 11.5 Å². The largest absolute Gasteiger partial charge is 0.493 e. The van der Waals surface area contributed by atoms with Gasteiger partial charge in [0.25, 0.3) is 0 Å². The van der Waals surface area contributed by atoms with Crippen LogP contribution in [-0.4, -0.2) is 7.11 Å². The van der Waals surface area contributed by atoms with Crippen molar-refractivity contribution in [2.75, 3.05) is 12.4 Å². The van der Waals surface area contributed by atoms with Crippen molar-refractivity contribution in [3.05, 3.63) is 86.6 Å². The SMILES string of the molecule is COc1cccc(CNc2cc(Cl)ccc2Cl)c1OCc1c(F)cccc1Cl. The zero-order valence-electron chi connectivity index (χ0n) is 14.9. The molecule has 0 saturated heterocycles. The van der Waals surface area contributed by atoms with Gasteiger partial charge in [-0.25, -0.2) is 4.39 Å². The third-order valence-electron chi connectivity index (χ3n) is 4.10. The highest BCUT2D eigenvalue weighted by Crippen LogP contribution is 2.34. The fourth-order valence-corrected chi connectivity index (χ4v) is 3.24. The molecule has 0 aliphatic rings. The second kappa shape index (κ2) is 9.37. The zero-order valence-corrected chi connectivity index (χ0v) is 17.2. The Morgan fingerprint density at radius 1 is 0.964 bits per heavy atom. The molecule has 7 heteroatoms. The van der Waals surface area contributed by atoms with E-state index in [9.17, 15) is 4.39 Å². The van der Waals surface area contributed by atoms with Crippen molar-refractivity contribution in [1.29, 1.82) is 0 Å². The molecule has 0 heterocycles. The Bertz CT molecular complexity index is 962. The highest BCUT2D eigenvalue weighted by molar-refractivity contribution is 6.35. The smallest absolute Gasteiger partial charge is 0.166 e. The standard InChI is InChI=1S/C21H17Cl3FNO2/c1-27-20-7-2-4-13(11-26-19-10-14(22)8-9-17(19)24)21(20)28-12-15-16(23)5-3-6-18(15)25/h2-10,26H,11-12H2,1H3. The van der Waals surface area contributed by atoms with Gasteiger partial charge in [-0.1, -0.05) is 53.0 Å². The quantitative estimate of drug-likeness (QED) is 0.429. The van der Waals surface area contributed by atoms with E-state index >= 15 is 0 Å². The molecule has 0 aliphatic heterocycles. The van der Waals surface area contributed by atoms with Crippen LogP contribution in [0.3, 0.4) is 0 Å². The molecule has 0 amide bonds. The number of hydrogen-bond acceptors (Lipinski definition) is 3. The average Bonchev–Trinajstić information content (AvgIpc) is 2.68. The molecule has 0 fully saturated rings. The van der Waals surface area contributed by atoms with Crippen molar-refractivity contribution >= 4 is 40.5 Å². The molecule has 0 aromatic heterocycles. The summed E-state index contributed by atoms with van der Waals surface area (Å²) in [5.74, 6) is 0.603. The van der Waals surface area contributed by atoms with Crippen LogP contribution in [-0.2, 0) is 13.2 Å². The van der Waals surface area contributed by atoms with E-state index in [1.54, 1.807) is 43.5 Å². The lowest BCUT2D eigenvalue weighted by Crippen LogP contribution is -2.06. The van der Waals surface area contributed by atoms with Crippen molar-refractivity contribution in [3.63, 3.8) is 0 Å². The van der Waals surface area contributed by atoms with Gasteiger partial charge in [-0.05, 0) is 36.4 Å².